The number of hydrogen-bond donors (Lipinski definition) is 2. The second-order valence-corrected chi connectivity index (χ2v) is 5.46. The van der Waals surface area contributed by atoms with Crippen LogP contribution in [0.2, 0.25) is 0 Å². The van der Waals surface area contributed by atoms with E-state index in [1.54, 1.807) is 14.2 Å². The van der Waals surface area contributed by atoms with Gasteiger partial charge in [-0.25, -0.2) is 0 Å². The Morgan fingerprint density at radius 2 is 1.95 bits per heavy atom. The first kappa shape index (κ1) is 15.1. The molecule has 2 unspecified atom stereocenters. The molecule has 1 fully saturated rings. The average Bonchev–Trinajstić information content (AvgIpc) is 2.89. The van der Waals surface area contributed by atoms with Gasteiger partial charge in [-0.05, 0) is 34.1 Å². The topological polar surface area (TPSA) is 80.3 Å². The molecule has 1 aromatic carbocycles. The van der Waals surface area contributed by atoms with Crippen LogP contribution in [0.5, 0.6) is 0 Å². The Balaban J connectivity index is 2.22. The van der Waals surface area contributed by atoms with Gasteiger partial charge in [-0.3, -0.25) is 0 Å². The van der Waals surface area contributed by atoms with Crippen LogP contribution in [0.15, 0.2) is 27.8 Å². The SMILES string of the molecule is COC1CN(c2ccc(/C(N)=N/O)cc2Br)CC1OC. The largest absolute Gasteiger partial charge is 0.409 e. The molecule has 7 heteroatoms. The molecule has 0 aromatic heterocycles. The predicted molar refractivity (Wildman–Crippen MR) is 80.5 cm³/mol. The van der Waals surface area contributed by atoms with Crippen LogP contribution in [0.25, 0.3) is 0 Å². The maximum absolute atomic E-state index is 8.70. The fraction of sp³-hybridized carbons (Fsp3) is 0.462. The number of benzene rings is 1. The third kappa shape index (κ3) is 2.89. The fourth-order valence-corrected chi connectivity index (χ4v) is 3.00. The molecule has 0 spiro atoms. The molecule has 0 radical (unpaired) electrons. The summed E-state index contributed by atoms with van der Waals surface area (Å²) in [7, 11) is 3.38. The van der Waals surface area contributed by atoms with Crippen LogP contribution >= 0.6 is 15.9 Å². The lowest BCUT2D eigenvalue weighted by atomic mass is 10.2. The minimum Gasteiger partial charge on any atom is -0.409 e. The van der Waals surface area contributed by atoms with Crippen molar-refractivity contribution in [3.63, 3.8) is 0 Å². The van der Waals surface area contributed by atoms with E-state index in [-0.39, 0.29) is 18.0 Å². The van der Waals surface area contributed by atoms with Crippen molar-refractivity contribution in [3.05, 3.63) is 28.2 Å². The Morgan fingerprint density at radius 3 is 2.40 bits per heavy atom. The Morgan fingerprint density at radius 1 is 1.35 bits per heavy atom. The molecule has 0 bridgehead atoms. The second-order valence-electron chi connectivity index (χ2n) is 4.60. The Bertz CT molecular complexity index is 498. The van der Waals surface area contributed by atoms with E-state index in [0.29, 0.717) is 5.56 Å². The van der Waals surface area contributed by atoms with Crippen molar-refractivity contribution >= 4 is 27.5 Å². The van der Waals surface area contributed by atoms with Crippen LogP contribution in [0, 0.1) is 0 Å². The standard InChI is InChI=1S/C13H18BrN3O3/c1-19-11-6-17(7-12(11)20-2)10-4-3-8(5-9(10)14)13(15)16-18/h3-5,11-12,18H,6-7H2,1-2H3,(H2,15,16). The molecule has 0 aliphatic carbocycles. The summed E-state index contributed by atoms with van der Waals surface area (Å²) in [5.41, 5.74) is 7.27. The van der Waals surface area contributed by atoms with Crippen LogP contribution in [-0.4, -0.2) is 50.6 Å². The summed E-state index contributed by atoms with van der Waals surface area (Å²) < 4.78 is 11.7. The highest BCUT2D eigenvalue weighted by Gasteiger charge is 2.33. The first-order valence-corrected chi connectivity index (χ1v) is 6.98. The van der Waals surface area contributed by atoms with Crippen molar-refractivity contribution in [2.45, 2.75) is 12.2 Å². The van der Waals surface area contributed by atoms with E-state index in [1.807, 2.05) is 18.2 Å². The molecule has 110 valence electrons. The summed E-state index contributed by atoms with van der Waals surface area (Å²) in [6, 6.07) is 5.58. The number of nitrogens with zero attached hydrogens (tertiary/aromatic N) is 2. The number of halogens is 1. The van der Waals surface area contributed by atoms with Crippen molar-refractivity contribution in [1.29, 1.82) is 0 Å². The van der Waals surface area contributed by atoms with Crippen LogP contribution in [0.1, 0.15) is 5.56 Å². The Labute approximate surface area is 126 Å². The van der Waals surface area contributed by atoms with Gasteiger partial charge in [0.25, 0.3) is 0 Å². The first-order chi connectivity index (χ1) is 9.60. The number of amidine groups is 1. The highest BCUT2D eigenvalue weighted by Crippen LogP contribution is 2.31. The summed E-state index contributed by atoms with van der Waals surface area (Å²) in [5, 5.41) is 11.7. The highest BCUT2D eigenvalue weighted by molar-refractivity contribution is 9.10. The maximum Gasteiger partial charge on any atom is 0.170 e. The van der Waals surface area contributed by atoms with E-state index in [4.69, 9.17) is 20.4 Å². The van der Waals surface area contributed by atoms with Crippen molar-refractivity contribution in [2.75, 3.05) is 32.2 Å². The minimum absolute atomic E-state index is 0.0515. The van der Waals surface area contributed by atoms with Gasteiger partial charge >= 0.3 is 0 Å². The quantitative estimate of drug-likeness (QED) is 0.373. The minimum atomic E-state index is 0.0515. The summed E-state index contributed by atoms with van der Waals surface area (Å²) in [6.07, 6.45) is 0.103. The molecule has 2 atom stereocenters. The zero-order valence-corrected chi connectivity index (χ0v) is 13.0. The lowest BCUT2D eigenvalue weighted by molar-refractivity contribution is -0.00461. The summed E-state index contributed by atoms with van der Waals surface area (Å²) >= 11 is 3.52. The van der Waals surface area contributed by atoms with Gasteiger partial charge in [-0.1, -0.05) is 5.16 Å². The van der Waals surface area contributed by atoms with Crippen LogP contribution in [-0.2, 0) is 9.47 Å². The number of ether oxygens (including phenoxy) is 2. The van der Waals surface area contributed by atoms with Gasteiger partial charge in [0.1, 0.15) is 12.2 Å². The number of methoxy groups -OCH3 is 2. The molecule has 0 amide bonds. The zero-order valence-electron chi connectivity index (χ0n) is 11.4. The highest BCUT2D eigenvalue weighted by atomic mass is 79.9. The van der Waals surface area contributed by atoms with Crippen LogP contribution in [0.3, 0.4) is 0 Å². The fourth-order valence-electron chi connectivity index (χ4n) is 2.37. The summed E-state index contributed by atoms with van der Waals surface area (Å²) in [5.74, 6) is 0.0863. The number of anilines is 1. The van der Waals surface area contributed by atoms with Crippen LogP contribution in [0.4, 0.5) is 5.69 Å². The molecule has 3 N–H and O–H groups in total. The van der Waals surface area contributed by atoms with Crippen molar-refractivity contribution in [3.8, 4) is 0 Å². The Hall–Kier alpha value is -1.31. The third-order valence-corrected chi connectivity index (χ3v) is 4.15. The van der Waals surface area contributed by atoms with Gasteiger partial charge < -0.3 is 25.3 Å². The smallest absolute Gasteiger partial charge is 0.170 e. The lowest BCUT2D eigenvalue weighted by Gasteiger charge is -2.20. The normalized spacial score (nSPS) is 23.4. The van der Waals surface area contributed by atoms with Gasteiger partial charge in [0, 0.05) is 37.3 Å². The van der Waals surface area contributed by atoms with Crippen LogP contribution < -0.4 is 10.6 Å². The molecule has 1 aliphatic rings. The molecule has 2 rings (SSSR count). The summed E-state index contributed by atoms with van der Waals surface area (Å²) in [6.45, 7) is 1.52. The maximum atomic E-state index is 8.70. The lowest BCUT2D eigenvalue weighted by Crippen LogP contribution is -2.27. The third-order valence-electron chi connectivity index (χ3n) is 3.51. The Kier molecular flexibility index (Phi) is 4.85. The first-order valence-electron chi connectivity index (χ1n) is 6.18. The van der Waals surface area contributed by atoms with Crippen molar-refractivity contribution < 1.29 is 14.7 Å². The molecular formula is C13H18BrN3O3. The zero-order chi connectivity index (χ0) is 14.7. The van der Waals surface area contributed by atoms with Crippen molar-refractivity contribution in [1.82, 2.24) is 0 Å². The summed E-state index contributed by atoms with van der Waals surface area (Å²) in [4.78, 5) is 2.18. The monoisotopic (exact) mass is 343 g/mol. The molecule has 1 saturated heterocycles. The molecule has 1 heterocycles. The second kappa shape index (κ2) is 6.43. The number of oxime groups is 1. The number of rotatable bonds is 4. The average molecular weight is 344 g/mol. The van der Waals surface area contributed by atoms with Crippen molar-refractivity contribution in [2.24, 2.45) is 10.9 Å². The van der Waals surface area contributed by atoms with E-state index in [9.17, 15) is 0 Å². The van der Waals surface area contributed by atoms with Gasteiger partial charge in [0.05, 0.1) is 5.69 Å². The van der Waals surface area contributed by atoms with Gasteiger partial charge in [-0.2, -0.15) is 0 Å². The van der Waals surface area contributed by atoms with Gasteiger partial charge in [0.15, 0.2) is 5.84 Å². The van der Waals surface area contributed by atoms with E-state index < -0.39 is 0 Å². The molecule has 6 nitrogen and oxygen atoms in total. The number of nitrogens with two attached hydrogens (primary N) is 1. The molecule has 0 saturated carbocycles. The van der Waals surface area contributed by atoms with E-state index in [2.05, 4.69) is 26.0 Å². The van der Waals surface area contributed by atoms with Gasteiger partial charge in [-0.15, -0.1) is 0 Å². The number of hydrogen-bond acceptors (Lipinski definition) is 5. The molecule has 1 aliphatic heterocycles. The van der Waals surface area contributed by atoms with Gasteiger partial charge in [0.2, 0.25) is 0 Å². The van der Waals surface area contributed by atoms with E-state index >= 15 is 0 Å². The molecular weight excluding hydrogens is 326 g/mol. The predicted octanol–water partition coefficient (Wildman–Crippen LogP) is 1.39. The van der Waals surface area contributed by atoms with E-state index in [1.165, 1.54) is 0 Å². The van der Waals surface area contributed by atoms with E-state index in [0.717, 1.165) is 23.2 Å². The molecule has 1 aromatic rings. The molecule has 20 heavy (non-hydrogen) atoms.